The van der Waals surface area contributed by atoms with E-state index in [1.54, 1.807) is 20.0 Å². The van der Waals surface area contributed by atoms with Crippen LogP contribution in [0, 0.1) is 6.92 Å². The van der Waals surface area contributed by atoms with Crippen molar-refractivity contribution >= 4 is 33.4 Å². The lowest BCUT2D eigenvalue weighted by atomic mass is 10.1. The Balaban J connectivity index is 1.40. The Labute approximate surface area is 181 Å². The molecule has 3 aromatic rings. The lowest BCUT2D eigenvalue weighted by Crippen LogP contribution is -2.38. The third-order valence-corrected chi connectivity index (χ3v) is 6.19. The Bertz CT molecular complexity index is 1210. The topological polar surface area (TPSA) is 124 Å². The first-order chi connectivity index (χ1) is 14.9. The summed E-state index contributed by atoms with van der Waals surface area (Å²) in [4.78, 5) is 55.2. The Morgan fingerprint density at radius 3 is 2.74 bits per heavy atom. The maximum absolute atomic E-state index is 12.6. The van der Waals surface area contributed by atoms with Crippen molar-refractivity contribution in [3.63, 3.8) is 0 Å². The summed E-state index contributed by atoms with van der Waals surface area (Å²) in [7, 11) is 1.65. The van der Waals surface area contributed by atoms with Crippen molar-refractivity contribution in [2.75, 3.05) is 38.3 Å². The molecule has 0 bridgehead atoms. The molecule has 3 aromatic heterocycles. The molecule has 2 N–H and O–H groups in total. The minimum absolute atomic E-state index is 0.149. The van der Waals surface area contributed by atoms with Gasteiger partial charge in [-0.15, -0.1) is 11.3 Å². The van der Waals surface area contributed by atoms with Crippen LogP contribution >= 0.6 is 11.3 Å². The number of H-pyrrole nitrogens is 2. The smallest absolute Gasteiger partial charge is 0.268 e. The zero-order valence-corrected chi connectivity index (χ0v) is 18.3. The van der Waals surface area contributed by atoms with Gasteiger partial charge in [-0.3, -0.25) is 19.4 Å². The van der Waals surface area contributed by atoms with Gasteiger partial charge in [-0.2, -0.15) is 0 Å². The lowest BCUT2D eigenvalue weighted by molar-refractivity contribution is -0.130. The number of hydrogen-bond acceptors (Lipinski definition) is 8. The molecule has 4 rings (SSSR count). The highest BCUT2D eigenvalue weighted by atomic mass is 32.1. The van der Waals surface area contributed by atoms with Crippen LogP contribution in [0.15, 0.2) is 21.0 Å². The monoisotopic (exact) mass is 444 g/mol. The van der Waals surface area contributed by atoms with E-state index < -0.39 is 0 Å². The van der Waals surface area contributed by atoms with Crippen LogP contribution in [0.1, 0.15) is 23.5 Å². The summed E-state index contributed by atoms with van der Waals surface area (Å²) >= 11 is 1.33. The van der Waals surface area contributed by atoms with Crippen LogP contribution < -0.4 is 16.0 Å². The van der Waals surface area contributed by atoms with E-state index in [-0.39, 0.29) is 36.4 Å². The number of carbonyl (C=O) groups is 1. The number of hydrogen-bond donors (Lipinski definition) is 2. The SMILES string of the molecule is Cc1nc(N2CCOCC2)[nH]c(=O)c1CCC(=O)N(C)Cc1nc2ccsc2c(=O)[nH]1. The molecule has 10 nitrogen and oxygen atoms in total. The number of nitrogens with zero attached hydrogens (tertiary/aromatic N) is 4. The highest BCUT2D eigenvalue weighted by Gasteiger charge is 2.18. The number of anilines is 1. The number of nitrogens with one attached hydrogen (secondary N) is 2. The lowest BCUT2D eigenvalue weighted by Gasteiger charge is -2.27. The first-order valence-corrected chi connectivity index (χ1v) is 10.9. The van der Waals surface area contributed by atoms with Gasteiger partial charge >= 0.3 is 0 Å². The Kier molecular flexibility index (Phi) is 6.14. The normalized spacial score (nSPS) is 14.2. The number of aromatic nitrogens is 4. The van der Waals surface area contributed by atoms with E-state index >= 15 is 0 Å². The number of thiophene rings is 1. The summed E-state index contributed by atoms with van der Waals surface area (Å²) in [5.74, 6) is 0.818. The first-order valence-electron chi connectivity index (χ1n) is 10.0. The second-order valence-corrected chi connectivity index (χ2v) is 8.37. The van der Waals surface area contributed by atoms with E-state index in [4.69, 9.17) is 4.74 Å². The quantitative estimate of drug-likeness (QED) is 0.576. The molecule has 1 aliphatic rings. The van der Waals surface area contributed by atoms with Crippen LogP contribution in [0.2, 0.25) is 0 Å². The van der Waals surface area contributed by atoms with Crippen molar-refractivity contribution in [3.05, 3.63) is 49.2 Å². The van der Waals surface area contributed by atoms with Gasteiger partial charge in [0, 0.05) is 37.8 Å². The summed E-state index contributed by atoms with van der Waals surface area (Å²) in [5, 5.41) is 1.81. The molecule has 0 spiro atoms. The number of carbonyl (C=O) groups excluding carboxylic acids is 1. The van der Waals surface area contributed by atoms with E-state index in [0.717, 1.165) is 0 Å². The van der Waals surface area contributed by atoms with Gasteiger partial charge in [0.1, 0.15) is 10.5 Å². The van der Waals surface area contributed by atoms with Crippen LogP contribution in [0.5, 0.6) is 0 Å². The number of amides is 1. The van der Waals surface area contributed by atoms with Crippen molar-refractivity contribution in [1.82, 2.24) is 24.8 Å². The Morgan fingerprint density at radius 1 is 1.23 bits per heavy atom. The van der Waals surface area contributed by atoms with Crippen LogP contribution in [-0.4, -0.2) is 64.1 Å². The fourth-order valence-corrected chi connectivity index (χ4v) is 4.27. The maximum Gasteiger partial charge on any atom is 0.268 e. The number of fused-ring (bicyclic) bond motifs is 1. The molecule has 0 unspecified atom stereocenters. The van der Waals surface area contributed by atoms with Gasteiger partial charge in [0.25, 0.3) is 11.1 Å². The molecule has 11 heteroatoms. The van der Waals surface area contributed by atoms with Crippen LogP contribution in [0.4, 0.5) is 5.95 Å². The third-order valence-electron chi connectivity index (χ3n) is 5.29. The highest BCUT2D eigenvalue weighted by Crippen LogP contribution is 2.15. The molecule has 164 valence electrons. The molecule has 1 saturated heterocycles. The summed E-state index contributed by atoms with van der Waals surface area (Å²) < 4.78 is 5.90. The molecule has 4 heterocycles. The molecule has 0 aromatic carbocycles. The zero-order chi connectivity index (χ0) is 22.0. The molecular weight excluding hydrogens is 420 g/mol. The van der Waals surface area contributed by atoms with Crippen LogP contribution in [-0.2, 0) is 22.5 Å². The number of aryl methyl sites for hydroxylation is 1. The highest BCUT2D eigenvalue weighted by molar-refractivity contribution is 7.17. The molecule has 31 heavy (non-hydrogen) atoms. The van der Waals surface area contributed by atoms with E-state index in [0.29, 0.717) is 59.6 Å². The van der Waals surface area contributed by atoms with Crippen molar-refractivity contribution < 1.29 is 9.53 Å². The van der Waals surface area contributed by atoms with Gasteiger partial charge in [-0.1, -0.05) is 0 Å². The fraction of sp³-hybridized carbons (Fsp3) is 0.450. The predicted molar refractivity (Wildman–Crippen MR) is 118 cm³/mol. The zero-order valence-electron chi connectivity index (χ0n) is 17.4. The van der Waals surface area contributed by atoms with Gasteiger partial charge in [0.05, 0.1) is 25.3 Å². The van der Waals surface area contributed by atoms with Crippen molar-refractivity contribution in [1.29, 1.82) is 0 Å². The fourth-order valence-electron chi connectivity index (χ4n) is 3.55. The molecule has 0 saturated carbocycles. The van der Waals surface area contributed by atoms with Crippen LogP contribution in [0.3, 0.4) is 0 Å². The first kappa shape index (κ1) is 21.2. The van der Waals surface area contributed by atoms with Gasteiger partial charge in [-0.05, 0) is 24.8 Å². The Morgan fingerprint density at radius 2 is 2.00 bits per heavy atom. The molecule has 0 radical (unpaired) electrons. The summed E-state index contributed by atoms with van der Waals surface area (Å²) in [6.07, 6.45) is 0.443. The van der Waals surface area contributed by atoms with E-state index in [1.807, 2.05) is 10.3 Å². The van der Waals surface area contributed by atoms with Gasteiger partial charge in [0.15, 0.2) is 0 Å². The van der Waals surface area contributed by atoms with Crippen molar-refractivity contribution in [3.8, 4) is 0 Å². The summed E-state index contributed by atoms with van der Waals surface area (Å²) in [6, 6.07) is 1.78. The molecule has 1 fully saturated rings. The predicted octanol–water partition coefficient (Wildman–Crippen LogP) is 0.804. The van der Waals surface area contributed by atoms with E-state index in [9.17, 15) is 14.4 Å². The molecule has 1 aliphatic heterocycles. The molecular formula is C20H24N6O4S. The minimum Gasteiger partial charge on any atom is -0.378 e. The number of aromatic amines is 2. The molecule has 1 amide bonds. The Hall–Kier alpha value is -3.05. The molecule has 0 atom stereocenters. The average molecular weight is 445 g/mol. The van der Waals surface area contributed by atoms with Crippen molar-refractivity contribution in [2.24, 2.45) is 0 Å². The van der Waals surface area contributed by atoms with Gasteiger partial charge in [0.2, 0.25) is 11.9 Å². The third kappa shape index (κ3) is 4.67. The second-order valence-electron chi connectivity index (χ2n) is 7.45. The summed E-state index contributed by atoms with van der Waals surface area (Å²) in [5.41, 5.74) is 1.32. The molecule has 0 aliphatic carbocycles. The second kappa shape index (κ2) is 8.98. The average Bonchev–Trinajstić information content (AvgIpc) is 3.22. The number of rotatable bonds is 6. The standard InChI is InChI=1S/C20H24N6O4S/c1-12-13(18(28)24-20(21-12)26-6-8-30-9-7-26)3-4-16(27)25(2)11-15-22-14-5-10-31-17(14)19(29)23-15/h5,10H,3-4,6-9,11H2,1-2H3,(H,21,24,28)(H,22,23,29). The van der Waals surface area contributed by atoms with E-state index in [1.165, 1.54) is 16.2 Å². The number of ether oxygens (including phenoxy) is 1. The van der Waals surface area contributed by atoms with Gasteiger partial charge in [-0.25, -0.2) is 9.97 Å². The van der Waals surface area contributed by atoms with Gasteiger partial charge < -0.3 is 19.5 Å². The largest absolute Gasteiger partial charge is 0.378 e. The minimum atomic E-state index is -0.224. The summed E-state index contributed by atoms with van der Waals surface area (Å²) in [6.45, 7) is 4.53. The van der Waals surface area contributed by atoms with Crippen molar-refractivity contribution in [2.45, 2.75) is 26.3 Å². The van der Waals surface area contributed by atoms with Crippen LogP contribution in [0.25, 0.3) is 10.2 Å². The number of morpholine rings is 1. The maximum atomic E-state index is 12.6. The van der Waals surface area contributed by atoms with E-state index in [2.05, 4.69) is 19.9 Å².